The smallest absolute Gasteiger partial charge is 0.348 e. The zero-order valence-corrected chi connectivity index (χ0v) is 8.57. The van der Waals surface area contributed by atoms with Crippen molar-refractivity contribution in [1.82, 2.24) is 0 Å². The highest BCUT2D eigenvalue weighted by Gasteiger charge is 2.54. The number of rotatable bonds is 3. The lowest BCUT2D eigenvalue weighted by molar-refractivity contribution is -0.147. The number of carboxylic acids is 1. The van der Waals surface area contributed by atoms with Gasteiger partial charge in [0, 0.05) is 12.8 Å². The quantitative estimate of drug-likeness (QED) is 0.520. The van der Waals surface area contributed by atoms with Crippen LogP contribution in [0, 0.1) is 29.1 Å². The largest absolute Gasteiger partial charge is 0.478 e. The maximum Gasteiger partial charge on any atom is 0.348 e. The van der Waals surface area contributed by atoms with Crippen LogP contribution < -0.4 is 4.74 Å². The Hall–Kier alpha value is -1.86. The van der Waals surface area contributed by atoms with Gasteiger partial charge in [0.15, 0.2) is 5.75 Å². The Bertz CT molecular complexity index is 510. The van der Waals surface area contributed by atoms with Crippen LogP contribution in [-0.4, -0.2) is 16.7 Å². The molecule has 1 aliphatic rings. The standard InChI is InChI=1S/C10H5F5O3/c11-3-4(12)6(14)8(7(15)5(3)13)18-10(1-2-10)9(16)17/h1-2H2,(H,16,17). The first-order valence-corrected chi connectivity index (χ1v) is 4.74. The van der Waals surface area contributed by atoms with E-state index in [-0.39, 0.29) is 12.8 Å². The minimum atomic E-state index is -2.32. The Morgan fingerprint density at radius 1 is 0.944 bits per heavy atom. The molecule has 0 atom stereocenters. The molecular weight excluding hydrogens is 263 g/mol. The van der Waals surface area contributed by atoms with Gasteiger partial charge < -0.3 is 9.84 Å². The van der Waals surface area contributed by atoms with Gasteiger partial charge in [-0.25, -0.2) is 18.0 Å². The molecule has 0 amide bonds. The number of aliphatic carboxylic acids is 1. The normalized spacial score (nSPS) is 16.5. The molecule has 98 valence electrons. The average Bonchev–Trinajstić information content (AvgIpc) is 3.11. The third kappa shape index (κ3) is 1.68. The van der Waals surface area contributed by atoms with Crippen LogP contribution in [0.1, 0.15) is 12.8 Å². The third-order valence-electron chi connectivity index (χ3n) is 2.56. The van der Waals surface area contributed by atoms with E-state index in [1.807, 2.05) is 0 Å². The summed E-state index contributed by atoms with van der Waals surface area (Å²) in [7, 11) is 0. The number of carboxylic acid groups (broad SMARTS) is 1. The molecule has 0 heterocycles. The van der Waals surface area contributed by atoms with Gasteiger partial charge in [-0.05, 0) is 0 Å². The van der Waals surface area contributed by atoms with Crippen molar-refractivity contribution in [3.05, 3.63) is 29.1 Å². The van der Waals surface area contributed by atoms with Crippen LogP contribution in [0.25, 0.3) is 0 Å². The van der Waals surface area contributed by atoms with Crippen LogP contribution in [0.5, 0.6) is 5.75 Å². The zero-order valence-electron chi connectivity index (χ0n) is 8.57. The number of hydrogen-bond acceptors (Lipinski definition) is 2. The summed E-state index contributed by atoms with van der Waals surface area (Å²) in [5.41, 5.74) is -1.90. The Labute approximate surface area is 96.8 Å². The van der Waals surface area contributed by atoms with Crippen LogP contribution in [0.2, 0.25) is 0 Å². The van der Waals surface area contributed by atoms with Crippen LogP contribution >= 0.6 is 0 Å². The lowest BCUT2D eigenvalue weighted by Crippen LogP contribution is -2.30. The van der Waals surface area contributed by atoms with Crippen molar-refractivity contribution in [2.75, 3.05) is 0 Å². The molecule has 1 N–H and O–H groups in total. The minimum absolute atomic E-state index is 0.0676. The van der Waals surface area contributed by atoms with Gasteiger partial charge in [-0.1, -0.05) is 0 Å². The number of ether oxygens (including phenoxy) is 1. The summed E-state index contributed by atoms with van der Waals surface area (Å²) in [4.78, 5) is 10.7. The topological polar surface area (TPSA) is 46.5 Å². The molecule has 1 aliphatic carbocycles. The van der Waals surface area contributed by atoms with Crippen molar-refractivity contribution in [2.45, 2.75) is 18.4 Å². The molecule has 18 heavy (non-hydrogen) atoms. The van der Waals surface area contributed by atoms with Crippen LogP contribution in [0.3, 0.4) is 0 Å². The fourth-order valence-electron chi connectivity index (χ4n) is 1.34. The van der Waals surface area contributed by atoms with E-state index in [9.17, 15) is 26.7 Å². The van der Waals surface area contributed by atoms with Crippen molar-refractivity contribution < 1.29 is 36.6 Å². The average molecular weight is 268 g/mol. The second-order valence-electron chi connectivity index (χ2n) is 3.80. The van der Waals surface area contributed by atoms with E-state index in [1.165, 1.54) is 0 Å². The van der Waals surface area contributed by atoms with Crippen molar-refractivity contribution in [1.29, 1.82) is 0 Å². The monoisotopic (exact) mass is 268 g/mol. The van der Waals surface area contributed by atoms with Crippen molar-refractivity contribution in [3.8, 4) is 5.75 Å². The molecule has 1 aromatic rings. The van der Waals surface area contributed by atoms with E-state index < -0.39 is 46.4 Å². The summed E-state index contributed by atoms with van der Waals surface area (Å²) in [5.74, 6) is -14.1. The maximum absolute atomic E-state index is 13.2. The summed E-state index contributed by atoms with van der Waals surface area (Å²) < 4.78 is 69.2. The van der Waals surface area contributed by atoms with Gasteiger partial charge in [0.2, 0.25) is 34.7 Å². The Morgan fingerprint density at radius 2 is 1.33 bits per heavy atom. The molecule has 0 unspecified atom stereocenters. The Balaban J connectivity index is 2.49. The van der Waals surface area contributed by atoms with E-state index in [0.29, 0.717) is 0 Å². The SMILES string of the molecule is O=C(O)C1(Oc2c(F)c(F)c(F)c(F)c2F)CC1. The predicted molar refractivity (Wildman–Crippen MR) is 46.5 cm³/mol. The third-order valence-corrected chi connectivity index (χ3v) is 2.56. The van der Waals surface area contributed by atoms with Gasteiger partial charge in [-0.3, -0.25) is 0 Å². The van der Waals surface area contributed by atoms with Crippen molar-refractivity contribution in [3.63, 3.8) is 0 Å². The van der Waals surface area contributed by atoms with E-state index in [2.05, 4.69) is 4.74 Å². The van der Waals surface area contributed by atoms with Crippen LogP contribution in [-0.2, 0) is 4.79 Å². The summed E-state index contributed by atoms with van der Waals surface area (Å²) in [6.45, 7) is 0. The van der Waals surface area contributed by atoms with E-state index in [0.717, 1.165) is 0 Å². The summed E-state index contributed by atoms with van der Waals surface area (Å²) in [6.07, 6.45) is -0.135. The van der Waals surface area contributed by atoms with Gasteiger partial charge in [0.1, 0.15) is 0 Å². The summed E-state index contributed by atoms with van der Waals surface area (Å²) in [6, 6.07) is 0. The number of halogens is 5. The molecule has 3 nitrogen and oxygen atoms in total. The highest BCUT2D eigenvalue weighted by molar-refractivity contribution is 5.81. The molecule has 0 bridgehead atoms. The molecule has 2 rings (SSSR count). The van der Waals surface area contributed by atoms with Crippen molar-refractivity contribution in [2.24, 2.45) is 0 Å². The molecule has 8 heteroatoms. The fraction of sp³-hybridized carbons (Fsp3) is 0.300. The van der Waals surface area contributed by atoms with Crippen LogP contribution in [0.15, 0.2) is 0 Å². The van der Waals surface area contributed by atoms with E-state index >= 15 is 0 Å². The predicted octanol–water partition coefficient (Wildman–Crippen LogP) is 2.38. The van der Waals surface area contributed by atoms with Gasteiger partial charge >= 0.3 is 5.97 Å². The minimum Gasteiger partial charge on any atom is -0.478 e. The molecule has 0 radical (unpaired) electrons. The Kier molecular flexibility index (Phi) is 2.67. The molecule has 1 fully saturated rings. The maximum atomic E-state index is 13.2. The first kappa shape index (κ1) is 12.6. The second-order valence-corrected chi connectivity index (χ2v) is 3.80. The molecule has 1 aromatic carbocycles. The molecule has 0 spiro atoms. The molecular formula is C10H5F5O3. The summed E-state index contributed by atoms with van der Waals surface area (Å²) >= 11 is 0. The number of benzene rings is 1. The number of hydrogen-bond donors (Lipinski definition) is 1. The van der Waals surface area contributed by atoms with E-state index in [1.54, 1.807) is 0 Å². The van der Waals surface area contributed by atoms with E-state index in [4.69, 9.17) is 5.11 Å². The van der Waals surface area contributed by atoms with Crippen molar-refractivity contribution >= 4 is 5.97 Å². The first-order valence-electron chi connectivity index (χ1n) is 4.74. The first-order chi connectivity index (χ1) is 8.30. The highest BCUT2D eigenvalue weighted by atomic mass is 19.2. The fourth-order valence-corrected chi connectivity index (χ4v) is 1.34. The molecule has 0 saturated heterocycles. The van der Waals surface area contributed by atoms with Gasteiger partial charge in [0.25, 0.3) is 0 Å². The lowest BCUT2D eigenvalue weighted by atomic mass is 10.2. The lowest BCUT2D eigenvalue weighted by Gasteiger charge is -2.15. The van der Waals surface area contributed by atoms with Crippen LogP contribution in [0.4, 0.5) is 22.0 Å². The molecule has 1 saturated carbocycles. The molecule has 0 aliphatic heterocycles. The highest BCUT2D eigenvalue weighted by Crippen LogP contribution is 2.43. The zero-order chi connectivity index (χ0) is 13.7. The molecule has 0 aromatic heterocycles. The van der Waals surface area contributed by atoms with Gasteiger partial charge in [-0.15, -0.1) is 0 Å². The number of carbonyl (C=O) groups is 1. The second kappa shape index (κ2) is 3.82. The van der Waals surface area contributed by atoms with Gasteiger partial charge in [0.05, 0.1) is 0 Å². The summed E-state index contributed by atoms with van der Waals surface area (Å²) in [5, 5.41) is 8.71. The van der Waals surface area contributed by atoms with Gasteiger partial charge in [-0.2, -0.15) is 8.78 Å². The Morgan fingerprint density at radius 3 is 1.67 bits per heavy atom.